The van der Waals surface area contributed by atoms with Crippen molar-refractivity contribution in [3.63, 3.8) is 0 Å². The molecule has 1 aromatic rings. The van der Waals surface area contributed by atoms with Crippen molar-refractivity contribution in [2.75, 3.05) is 19.8 Å². The molecule has 106 valence electrons. The smallest absolute Gasteiger partial charge is 0.262 e. The first-order chi connectivity index (χ1) is 9.56. The molecular weight excluding hydrogens is 256 g/mol. The van der Waals surface area contributed by atoms with Crippen LogP contribution in [0.25, 0.3) is 0 Å². The van der Waals surface area contributed by atoms with Gasteiger partial charge in [0.25, 0.3) is 11.8 Å². The van der Waals surface area contributed by atoms with Crippen molar-refractivity contribution < 1.29 is 14.3 Å². The molecule has 0 saturated carbocycles. The van der Waals surface area contributed by atoms with Gasteiger partial charge in [0.15, 0.2) is 0 Å². The van der Waals surface area contributed by atoms with Crippen LogP contribution in [0.2, 0.25) is 0 Å². The highest BCUT2D eigenvalue weighted by molar-refractivity contribution is 6.21. The van der Waals surface area contributed by atoms with E-state index in [0.717, 1.165) is 13.1 Å². The molecule has 3 rings (SSSR count). The normalized spacial score (nSPS) is 27.0. The highest BCUT2D eigenvalue weighted by Gasteiger charge is 2.37. The second-order valence-electron chi connectivity index (χ2n) is 5.52. The number of carbonyl (C=O) groups excluding carboxylic acids is 2. The van der Waals surface area contributed by atoms with Crippen LogP contribution in [0.4, 0.5) is 0 Å². The highest BCUT2D eigenvalue weighted by Crippen LogP contribution is 2.23. The number of hydrogen-bond acceptors (Lipinski definition) is 4. The van der Waals surface area contributed by atoms with E-state index in [-0.39, 0.29) is 24.0 Å². The maximum absolute atomic E-state index is 12.3. The minimum atomic E-state index is -0.197. The molecule has 5 heteroatoms. The third kappa shape index (κ3) is 2.23. The van der Waals surface area contributed by atoms with E-state index in [1.54, 1.807) is 24.3 Å². The predicted octanol–water partition coefficient (Wildman–Crippen LogP) is 1.35. The van der Waals surface area contributed by atoms with Crippen molar-refractivity contribution in [1.29, 1.82) is 0 Å². The molecule has 0 unspecified atom stereocenters. The zero-order chi connectivity index (χ0) is 14.3. The molecule has 0 aromatic heterocycles. The van der Waals surface area contributed by atoms with Crippen LogP contribution in [-0.2, 0) is 4.74 Å². The fourth-order valence-corrected chi connectivity index (χ4v) is 2.97. The SMILES string of the molecule is C[C@H]1CN(CN2C(=O)c3ccccc3C2=O)C[C@H](C)O1. The van der Waals surface area contributed by atoms with E-state index < -0.39 is 0 Å². The van der Waals surface area contributed by atoms with Crippen LogP contribution in [0.1, 0.15) is 34.6 Å². The Morgan fingerprint density at radius 3 is 2.05 bits per heavy atom. The summed E-state index contributed by atoms with van der Waals surface area (Å²) >= 11 is 0. The zero-order valence-electron chi connectivity index (χ0n) is 11.7. The van der Waals surface area contributed by atoms with Gasteiger partial charge in [-0.05, 0) is 26.0 Å². The molecule has 2 heterocycles. The molecule has 2 amide bonds. The van der Waals surface area contributed by atoms with E-state index >= 15 is 0 Å². The van der Waals surface area contributed by atoms with Crippen molar-refractivity contribution >= 4 is 11.8 Å². The number of hydrogen-bond donors (Lipinski definition) is 0. The topological polar surface area (TPSA) is 49.9 Å². The van der Waals surface area contributed by atoms with Gasteiger partial charge in [-0.25, -0.2) is 0 Å². The maximum Gasteiger partial charge on any atom is 0.262 e. The van der Waals surface area contributed by atoms with Gasteiger partial charge in [-0.2, -0.15) is 0 Å². The minimum Gasteiger partial charge on any atom is -0.373 e. The Kier molecular flexibility index (Phi) is 3.31. The Balaban J connectivity index is 1.76. The molecule has 2 aliphatic rings. The minimum absolute atomic E-state index is 0.119. The number of nitrogens with zero attached hydrogens (tertiary/aromatic N) is 2. The average molecular weight is 274 g/mol. The molecule has 2 atom stereocenters. The summed E-state index contributed by atoms with van der Waals surface area (Å²) in [7, 11) is 0. The molecule has 1 fully saturated rings. The monoisotopic (exact) mass is 274 g/mol. The number of imide groups is 1. The van der Waals surface area contributed by atoms with Crippen molar-refractivity contribution in [1.82, 2.24) is 9.80 Å². The summed E-state index contributed by atoms with van der Waals surface area (Å²) in [5.41, 5.74) is 1.01. The molecule has 2 aliphatic heterocycles. The Hall–Kier alpha value is -1.72. The van der Waals surface area contributed by atoms with E-state index in [1.165, 1.54) is 4.90 Å². The van der Waals surface area contributed by atoms with Gasteiger partial charge in [-0.15, -0.1) is 0 Å². The van der Waals surface area contributed by atoms with Gasteiger partial charge in [0.2, 0.25) is 0 Å². The Morgan fingerprint density at radius 1 is 1.05 bits per heavy atom. The van der Waals surface area contributed by atoms with E-state index in [0.29, 0.717) is 17.8 Å². The molecule has 0 aliphatic carbocycles. The van der Waals surface area contributed by atoms with E-state index in [4.69, 9.17) is 4.74 Å². The van der Waals surface area contributed by atoms with Gasteiger partial charge in [-0.3, -0.25) is 19.4 Å². The van der Waals surface area contributed by atoms with Crippen LogP contribution in [0.5, 0.6) is 0 Å². The van der Waals surface area contributed by atoms with Crippen molar-refractivity contribution in [2.45, 2.75) is 26.1 Å². The largest absolute Gasteiger partial charge is 0.373 e. The van der Waals surface area contributed by atoms with Crippen LogP contribution in [0.3, 0.4) is 0 Å². The average Bonchev–Trinajstić information content (AvgIpc) is 2.64. The van der Waals surface area contributed by atoms with E-state index in [1.807, 2.05) is 13.8 Å². The molecule has 20 heavy (non-hydrogen) atoms. The number of ether oxygens (including phenoxy) is 1. The second kappa shape index (κ2) is 5.00. The summed E-state index contributed by atoms with van der Waals surface area (Å²) in [6.07, 6.45) is 0.239. The number of carbonyl (C=O) groups is 2. The summed E-state index contributed by atoms with van der Waals surface area (Å²) in [5.74, 6) is -0.394. The quantitative estimate of drug-likeness (QED) is 0.764. The number of rotatable bonds is 2. The Morgan fingerprint density at radius 2 is 1.55 bits per heavy atom. The van der Waals surface area contributed by atoms with E-state index in [2.05, 4.69) is 4.90 Å². The molecule has 0 N–H and O–H groups in total. The fraction of sp³-hybridized carbons (Fsp3) is 0.467. The van der Waals surface area contributed by atoms with Gasteiger partial charge in [-0.1, -0.05) is 12.1 Å². The van der Waals surface area contributed by atoms with Crippen LogP contribution < -0.4 is 0 Å². The zero-order valence-corrected chi connectivity index (χ0v) is 11.7. The number of morpholine rings is 1. The van der Waals surface area contributed by atoms with Gasteiger partial charge in [0.1, 0.15) is 0 Å². The first-order valence-corrected chi connectivity index (χ1v) is 6.89. The van der Waals surface area contributed by atoms with Crippen molar-refractivity contribution in [3.8, 4) is 0 Å². The molecule has 0 radical (unpaired) electrons. The summed E-state index contributed by atoms with van der Waals surface area (Å²) in [6, 6.07) is 6.99. The molecule has 1 aromatic carbocycles. The first-order valence-electron chi connectivity index (χ1n) is 6.89. The maximum atomic E-state index is 12.3. The first kappa shape index (κ1) is 13.3. The van der Waals surface area contributed by atoms with E-state index in [9.17, 15) is 9.59 Å². The molecule has 0 bridgehead atoms. The summed E-state index contributed by atoms with van der Waals surface area (Å²) in [4.78, 5) is 28.0. The Labute approximate surface area is 118 Å². The second-order valence-corrected chi connectivity index (χ2v) is 5.52. The lowest BCUT2D eigenvalue weighted by atomic mass is 10.1. The number of amides is 2. The summed E-state index contributed by atoms with van der Waals surface area (Å²) in [5, 5.41) is 0. The number of fused-ring (bicyclic) bond motifs is 1. The summed E-state index contributed by atoms with van der Waals surface area (Å²) < 4.78 is 5.67. The van der Waals surface area contributed by atoms with Gasteiger partial charge in [0, 0.05) is 13.1 Å². The van der Waals surface area contributed by atoms with Crippen LogP contribution in [0.15, 0.2) is 24.3 Å². The van der Waals surface area contributed by atoms with Crippen molar-refractivity contribution in [2.24, 2.45) is 0 Å². The van der Waals surface area contributed by atoms with Crippen LogP contribution >= 0.6 is 0 Å². The third-order valence-electron chi connectivity index (χ3n) is 3.71. The predicted molar refractivity (Wildman–Crippen MR) is 73.4 cm³/mol. The van der Waals surface area contributed by atoms with Gasteiger partial charge in [0.05, 0.1) is 30.0 Å². The highest BCUT2D eigenvalue weighted by atomic mass is 16.5. The number of benzene rings is 1. The standard InChI is InChI=1S/C15H18N2O3/c1-10-7-16(8-11(2)20-10)9-17-14(18)12-5-3-4-6-13(12)15(17)19/h3-6,10-11H,7-9H2,1-2H3/t10-,11-/m0/s1. The molecule has 5 nitrogen and oxygen atoms in total. The fourth-order valence-electron chi connectivity index (χ4n) is 2.97. The molecule has 1 saturated heterocycles. The van der Waals surface area contributed by atoms with Crippen molar-refractivity contribution in [3.05, 3.63) is 35.4 Å². The van der Waals surface area contributed by atoms with Gasteiger partial charge >= 0.3 is 0 Å². The van der Waals surface area contributed by atoms with Crippen LogP contribution in [0, 0.1) is 0 Å². The lowest BCUT2D eigenvalue weighted by Gasteiger charge is -2.36. The lowest BCUT2D eigenvalue weighted by molar-refractivity contribution is -0.0759. The molecule has 0 spiro atoms. The van der Waals surface area contributed by atoms with Crippen LogP contribution in [-0.4, -0.2) is 53.6 Å². The third-order valence-corrected chi connectivity index (χ3v) is 3.71. The Bertz CT molecular complexity index is 513. The lowest BCUT2D eigenvalue weighted by Crippen LogP contribution is -2.50. The summed E-state index contributed by atoms with van der Waals surface area (Å²) in [6.45, 7) is 5.82. The molecular formula is C15H18N2O3. The van der Waals surface area contributed by atoms with Gasteiger partial charge < -0.3 is 4.74 Å².